The Kier molecular flexibility index (Phi) is 5.05. The predicted octanol–water partition coefficient (Wildman–Crippen LogP) is 0.563. The first-order chi connectivity index (χ1) is 12.9. The van der Waals surface area contributed by atoms with Gasteiger partial charge in [0.15, 0.2) is 5.72 Å². The van der Waals surface area contributed by atoms with Crippen LogP contribution < -0.4 is 5.73 Å². The summed E-state index contributed by atoms with van der Waals surface area (Å²) in [7, 11) is 0. The van der Waals surface area contributed by atoms with E-state index in [-0.39, 0.29) is 30.4 Å². The maximum absolute atomic E-state index is 12.9. The number of nitrogens with two attached hydrogens (primary N) is 1. The van der Waals surface area contributed by atoms with Gasteiger partial charge in [0, 0.05) is 19.2 Å². The number of hydrogen-bond acceptors (Lipinski definition) is 6. The molecule has 2 amide bonds. The zero-order chi connectivity index (χ0) is 19.8. The zero-order valence-corrected chi connectivity index (χ0v) is 15.4. The molecule has 4 rings (SSSR count). The van der Waals surface area contributed by atoms with Crippen LogP contribution in [-0.2, 0) is 14.3 Å². The summed E-state index contributed by atoms with van der Waals surface area (Å²) < 4.78 is 6.14. The van der Waals surface area contributed by atoms with Gasteiger partial charge in [0.2, 0.25) is 5.91 Å². The molecule has 0 saturated carbocycles. The molecule has 27 heavy (non-hydrogen) atoms. The molecule has 0 bridgehead atoms. The molecular weight excluding hydrogens is 352 g/mol. The van der Waals surface area contributed by atoms with E-state index >= 15 is 0 Å². The maximum Gasteiger partial charge on any atom is 0.290 e. The second-order valence-corrected chi connectivity index (χ2v) is 7.28. The monoisotopic (exact) mass is 376 g/mol. The molecule has 1 aromatic rings. The summed E-state index contributed by atoms with van der Waals surface area (Å²) in [6, 6.07) is 3.16. The number of anilines is 1. The van der Waals surface area contributed by atoms with Gasteiger partial charge < -0.3 is 25.4 Å². The van der Waals surface area contributed by atoms with Gasteiger partial charge in [-0.1, -0.05) is 13.8 Å². The van der Waals surface area contributed by atoms with Crippen LogP contribution in [-0.4, -0.2) is 69.1 Å². The van der Waals surface area contributed by atoms with Gasteiger partial charge in [-0.05, 0) is 18.1 Å². The third-order valence-corrected chi connectivity index (χ3v) is 5.55. The van der Waals surface area contributed by atoms with Crippen LogP contribution in [0.4, 0.5) is 5.82 Å². The number of nitrogens with zero attached hydrogens (tertiary/aromatic N) is 3. The van der Waals surface area contributed by atoms with E-state index in [0.29, 0.717) is 43.3 Å². The fourth-order valence-corrected chi connectivity index (χ4v) is 4.31. The van der Waals surface area contributed by atoms with Crippen molar-refractivity contribution in [1.29, 1.82) is 0 Å². The number of nitrogen functional groups attached to an aromatic ring is 1. The molecule has 1 spiro atoms. The van der Waals surface area contributed by atoms with Crippen molar-refractivity contribution < 1.29 is 24.2 Å². The number of likely N-dealkylation sites (tertiary alicyclic amines) is 1. The van der Waals surface area contributed by atoms with Crippen molar-refractivity contribution in [1.82, 2.24) is 14.8 Å². The lowest BCUT2D eigenvalue weighted by Gasteiger charge is -2.34. The van der Waals surface area contributed by atoms with Crippen LogP contribution in [0.15, 0.2) is 18.3 Å². The Bertz CT molecular complexity index is 738. The molecule has 9 nitrogen and oxygen atoms in total. The Labute approximate surface area is 157 Å². The molecule has 3 saturated heterocycles. The molecule has 3 N–H and O–H groups in total. The highest BCUT2D eigenvalue weighted by atomic mass is 16.5. The van der Waals surface area contributed by atoms with Gasteiger partial charge in [-0.25, -0.2) is 4.98 Å². The smallest absolute Gasteiger partial charge is 0.290 e. The lowest BCUT2D eigenvalue weighted by molar-refractivity contribution is -0.139. The third kappa shape index (κ3) is 3.01. The van der Waals surface area contributed by atoms with Crippen molar-refractivity contribution in [2.75, 3.05) is 18.9 Å². The van der Waals surface area contributed by atoms with Crippen LogP contribution in [0.5, 0.6) is 0 Å². The van der Waals surface area contributed by atoms with Gasteiger partial charge in [0.1, 0.15) is 5.82 Å². The number of amides is 2. The van der Waals surface area contributed by atoms with Gasteiger partial charge >= 0.3 is 0 Å². The summed E-state index contributed by atoms with van der Waals surface area (Å²) in [5.74, 6) is 0.684. The van der Waals surface area contributed by atoms with Crippen molar-refractivity contribution in [3.8, 4) is 0 Å². The SMILES string of the molecule is CC(C)[C@@H]1CO[C@@]23CCN(C(=O)c4ccc(N)nc4)[C@@H]2CC(=O)N13.O=CO. The van der Waals surface area contributed by atoms with Crippen LogP contribution in [0.1, 0.15) is 37.0 Å². The van der Waals surface area contributed by atoms with E-state index < -0.39 is 5.72 Å². The van der Waals surface area contributed by atoms with E-state index in [1.807, 2.05) is 4.90 Å². The summed E-state index contributed by atoms with van der Waals surface area (Å²) >= 11 is 0. The normalized spacial score (nSPS) is 28.6. The Hall–Kier alpha value is -2.68. The van der Waals surface area contributed by atoms with Crippen molar-refractivity contribution in [3.63, 3.8) is 0 Å². The van der Waals surface area contributed by atoms with Gasteiger partial charge in [-0.15, -0.1) is 0 Å². The first kappa shape index (κ1) is 19.1. The highest BCUT2D eigenvalue weighted by Crippen LogP contribution is 2.49. The Balaban J connectivity index is 0.000000659. The second-order valence-electron chi connectivity index (χ2n) is 7.28. The molecule has 3 aliphatic rings. The summed E-state index contributed by atoms with van der Waals surface area (Å²) in [6.07, 6.45) is 2.49. The molecule has 146 valence electrons. The highest BCUT2D eigenvalue weighted by Gasteiger charge is 2.65. The average Bonchev–Trinajstić information content (AvgIpc) is 3.25. The quantitative estimate of drug-likeness (QED) is 0.722. The van der Waals surface area contributed by atoms with E-state index in [2.05, 4.69) is 18.8 Å². The molecule has 3 aliphatic heterocycles. The topological polar surface area (TPSA) is 126 Å². The molecule has 0 radical (unpaired) electrons. The van der Waals surface area contributed by atoms with Crippen molar-refractivity contribution in [3.05, 3.63) is 23.9 Å². The van der Waals surface area contributed by atoms with Crippen molar-refractivity contribution in [2.24, 2.45) is 5.92 Å². The Morgan fingerprint density at radius 1 is 1.48 bits per heavy atom. The number of rotatable bonds is 2. The largest absolute Gasteiger partial charge is 0.483 e. The van der Waals surface area contributed by atoms with Crippen LogP contribution >= 0.6 is 0 Å². The molecule has 0 aliphatic carbocycles. The Morgan fingerprint density at radius 3 is 2.78 bits per heavy atom. The number of aromatic nitrogens is 1. The fourth-order valence-electron chi connectivity index (χ4n) is 4.31. The van der Waals surface area contributed by atoms with Crippen LogP contribution in [0.3, 0.4) is 0 Å². The highest BCUT2D eigenvalue weighted by molar-refractivity contribution is 5.95. The third-order valence-electron chi connectivity index (χ3n) is 5.55. The van der Waals surface area contributed by atoms with E-state index in [9.17, 15) is 9.59 Å². The molecule has 3 fully saturated rings. The van der Waals surface area contributed by atoms with E-state index in [4.69, 9.17) is 20.4 Å². The summed E-state index contributed by atoms with van der Waals surface area (Å²) in [5.41, 5.74) is 5.44. The summed E-state index contributed by atoms with van der Waals surface area (Å²) in [4.78, 5) is 41.5. The molecule has 0 aromatic carbocycles. The summed E-state index contributed by atoms with van der Waals surface area (Å²) in [5, 5.41) is 6.89. The van der Waals surface area contributed by atoms with Gasteiger partial charge in [0.25, 0.3) is 12.4 Å². The maximum atomic E-state index is 12.9. The number of carboxylic acid groups (broad SMARTS) is 1. The number of carbonyl (C=O) groups is 3. The van der Waals surface area contributed by atoms with Crippen molar-refractivity contribution in [2.45, 2.75) is 44.5 Å². The zero-order valence-electron chi connectivity index (χ0n) is 15.4. The minimum absolute atomic E-state index is 0.0872. The van der Waals surface area contributed by atoms with E-state index in [1.165, 1.54) is 6.20 Å². The first-order valence-electron chi connectivity index (χ1n) is 8.92. The first-order valence-corrected chi connectivity index (χ1v) is 8.92. The van der Waals surface area contributed by atoms with Crippen LogP contribution in [0.2, 0.25) is 0 Å². The molecule has 9 heteroatoms. The number of carbonyl (C=O) groups excluding carboxylic acids is 2. The predicted molar refractivity (Wildman–Crippen MR) is 95.6 cm³/mol. The molecular formula is C18H24N4O5. The number of hydrogen-bond donors (Lipinski definition) is 2. The van der Waals surface area contributed by atoms with Crippen LogP contribution in [0, 0.1) is 5.92 Å². The average molecular weight is 376 g/mol. The standard InChI is InChI=1S/C17H22N4O3.CH2O2/c1-10(2)12-9-24-17-5-6-20(13(17)7-15(22)21(12)17)16(23)11-3-4-14(18)19-8-11;2-1-3/h3-4,8,10,12-13H,5-7,9H2,1-2H3,(H2,18,19);1H,(H,2,3)/t12-,13+,17-;/m0./s1. The van der Waals surface area contributed by atoms with Gasteiger partial charge in [-0.2, -0.15) is 0 Å². The minimum Gasteiger partial charge on any atom is -0.483 e. The number of pyridine rings is 1. The van der Waals surface area contributed by atoms with Gasteiger partial charge in [-0.3, -0.25) is 14.4 Å². The van der Waals surface area contributed by atoms with Crippen LogP contribution in [0.25, 0.3) is 0 Å². The lowest BCUT2D eigenvalue weighted by Crippen LogP contribution is -2.51. The van der Waals surface area contributed by atoms with Gasteiger partial charge in [0.05, 0.1) is 30.7 Å². The minimum atomic E-state index is -0.636. The van der Waals surface area contributed by atoms with Crippen molar-refractivity contribution >= 4 is 24.1 Å². The fraction of sp³-hybridized carbons (Fsp3) is 0.556. The van der Waals surface area contributed by atoms with E-state index in [0.717, 1.165) is 0 Å². The molecule has 3 atom stereocenters. The second kappa shape index (κ2) is 7.15. The Morgan fingerprint density at radius 2 is 2.19 bits per heavy atom. The molecule has 0 unspecified atom stereocenters. The van der Waals surface area contributed by atoms with E-state index in [1.54, 1.807) is 17.0 Å². The lowest BCUT2D eigenvalue weighted by atomic mass is 10.0. The number of ether oxygens (including phenoxy) is 1. The summed E-state index contributed by atoms with van der Waals surface area (Å²) in [6.45, 7) is 5.09. The molecule has 1 aromatic heterocycles. The molecule has 4 heterocycles.